The van der Waals surface area contributed by atoms with Crippen LogP contribution in [0.5, 0.6) is 0 Å². The van der Waals surface area contributed by atoms with E-state index in [0.29, 0.717) is 0 Å². The van der Waals surface area contributed by atoms with Gasteiger partial charge in [-0.25, -0.2) is 4.98 Å². The summed E-state index contributed by atoms with van der Waals surface area (Å²) in [6.07, 6.45) is 0. The van der Waals surface area contributed by atoms with E-state index >= 15 is 0 Å². The minimum absolute atomic E-state index is 0.773. The van der Waals surface area contributed by atoms with E-state index in [0.717, 1.165) is 34.9 Å². The summed E-state index contributed by atoms with van der Waals surface area (Å²) in [5.74, 6) is 2.59. The first kappa shape index (κ1) is 14.8. The van der Waals surface area contributed by atoms with Crippen LogP contribution in [0, 0.1) is 20.8 Å². The molecule has 0 spiro atoms. The molecule has 0 aliphatic rings. The number of rotatable bonds is 3. The molecule has 4 rings (SSSR count). The number of fused-ring (bicyclic) bond motifs is 1. The van der Waals surface area contributed by atoms with E-state index in [2.05, 4.69) is 60.9 Å². The molecule has 24 heavy (non-hydrogen) atoms. The molecule has 0 aliphatic heterocycles. The first-order valence-electron chi connectivity index (χ1n) is 8.19. The quantitative estimate of drug-likeness (QED) is 0.515. The van der Waals surface area contributed by atoms with Crippen molar-refractivity contribution in [1.29, 1.82) is 0 Å². The molecule has 120 valence electrons. The lowest BCUT2D eigenvalue weighted by Crippen LogP contribution is -2.02. The van der Waals surface area contributed by atoms with Crippen LogP contribution in [0.25, 0.3) is 22.6 Å². The number of benzene rings is 2. The highest BCUT2D eigenvalue weighted by atomic mass is 16.3. The average molecular weight is 316 g/mol. The highest BCUT2D eigenvalue weighted by Gasteiger charge is 2.15. The molecule has 3 nitrogen and oxygen atoms in total. The van der Waals surface area contributed by atoms with Gasteiger partial charge in [-0.3, -0.25) is 0 Å². The van der Waals surface area contributed by atoms with Gasteiger partial charge in [0.2, 0.25) is 0 Å². The van der Waals surface area contributed by atoms with Gasteiger partial charge < -0.3 is 8.98 Å². The SMILES string of the molecule is Cc1ccc(Cn2c(-c3ccc(C)o3)nc3ccc(C)cc32)cc1. The number of imidazole rings is 1. The van der Waals surface area contributed by atoms with Crippen molar-refractivity contribution in [3.63, 3.8) is 0 Å². The van der Waals surface area contributed by atoms with Crippen molar-refractivity contribution in [3.8, 4) is 11.6 Å². The highest BCUT2D eigenvalue weighted by Crippen LogP contribution is 2.28. The fourth-order valence-corrected chi connectivity index (χ4v) is 3.01. The Balaban J connectivity index is 1.89. The first-order chi connectivity index (χ1) is 11.6. The van der Waals surface area contributed by atoms with Crippen LogP contribution in [-0.2, 0) is 6.54 Å². The summed E-state index contributed by atoms with van der Waals surface area (Å²) >= 11 is 0. The van der Waals surface area contributed by atoms with E-state index in [1.54, 1.807) is 0 Å². The molecular weight excluding hydrogens is 296 g/mol. The fourth-order valence-electron chi connectivity index (χ4n) is 3.01. The zero-order valence-corrected chi connectivity index (χ0v) is 14.2. The Morgan fingerprint density at radius 1 is 0.875 bits per heavy atom. The van der Waals surface area contributed by atoms with Gasteiger partial charge >= 0.3 is 0 Å². The van der Waals surface area contributed by atoms with Crippen molar-refractivity contribution in [2.24, 2.45) is 0 Å². The lowest BCUT2D eigenvalue weighted by atomic mass is 10.1. The van der Waals surface area contributed by atoms with Gasteiger partial charge in [0.15, 0.2) is 11.6 Å². The van der Waals surface area contributed by atoms with Crippen LogP contribution >= 0.6 is 0 Å². The molecule has 2 aromatic carbocycles. The molecule has 0 N–H and O–H groups in total. The van der Waals surface area contributed by atoms with E-state index < -0.39 is 0 Å². The standard InChI is InChI=1S/C21H20N2O/c1-14-4-8-17(9-5-14)13-23-19-12-15(2)6-10-18(19)22-21(23)20-11-7-16(3)24-20/h4-12H,13H2,1-3H3. The van der Waals surface area contributed by atoms with Crippen LogP contribution in [0.2, 0.25) is 0 Å². The second kappa shape index (κ2) is 5.68. The first-order valence-corrected chi connectivity index (χ1v) is 8.19. The number of hydrogen-bond donors (Lipinski definition) is 0. The summed E-state index contributed by atoms with van der Waals surface area (Å²) in [6.45, 7) is 6.95. The molecule has 2 aromatic heterocycles. The largest absolute Gasteiger partial charge is 0.458 e. The zero-order chi connectivity index (χ0) is 16.7. The fraction of sp³-hybridized carbons (Fsp3) is 0.190. The summed E-state index contributed by atoms with van der Waals surface area (Å²) in [6, 6.07) is 19.0. The minimum Gasteiger partial charge on any atom is -0.458 e. The molecule has 0 saturated carbocycles. The van der Waals surface area contributed by atoms with Crippen LogP contribution in [-0.4, -0.2) is 9.55 Å². The molecule has 0 fully saturated rings. The predicted octanol–water partition coefficient (Wildman–Crippen LogP) is 5.27. The van der Waals surface area contributed by atoms with E-state index in [4.69, 9.17) is 9.40 Å². The van der Waals surface area contributed by atoms with Gasteiger partial charge in [-0.2, -0.15) is 0 Å². The van der Waals surface area contributed by atoms with Gasteiger partial charge in [-0.15, -0.1) is 0 Å². The summed E-state index contributed by atoms with van der Waals surface area (Å²) < 4.78 is 8.08. The number of furan rings is 1. The van der Waals surface area contributed by atoms with E-state index in [9.17, 15) is 0 Å². The second-order valence-corrected chi connectivity index (χ2v) is 6.41. The maximum atomic E-state index is 5.84. The molecule has 0 radical (unpaired) electrons. The average Bonchev–Trinajstić information content (AvgIpc) is 3.14. The molecule has 0 aliphatic carbocycles. The van der Waals surface area contributed by atoms with Gasteiger partial charge in [0.05, 0.1) is 11.0 Å². The van der Waals surface area contributed by atoms with Crippen molar-refractivity contribution in [2.75, 3.05) is 0 Å². The van der Waals surface area contributed by atoms with E-state index in [1.807, 2.05) is 19.1 Å². The van der Waals surface area contributed by atoms with Gasteiger partial charge in [0.1, 0.15) is 5.76 Å². The number of aromatic nitrogens is 2. The van der Waals surface area contributed by atoms with Crippen LogP contribution < -0.4 is 0 Å². The summed E-state index contributed by atoms with van der Waals surface area (Å²) in [4.78, 5) is 4.82. The molecule has 3 heteroatoms. The number of hydrogen-bond acceptors (Lipinski definition) is 2. The Bertz CT molecular complexity index is 1010. The molecule has 0 amide bonds. The number of aryl methyl sites for hydroxylation is 3. The Morgan fingerprint density at radius 2 is 1.62 bits per heavy atom. The lowest BCUT2D eigenvalue weighted by Gasteiger charge is -2.09. The smallest absolute Gasteiger partial charge is 0.177 e. The maximum Gasteiger partial charge on any atom is 0.177 e. The van der Waals surface area contributed by atoms with Gasteiger partial charge in [0.25, 0.3) is 0 Å². The predicted molar refractivity (Wildman–Crippen MR) is 97.2 cm³/mol. The van der Waals surface area contributed by atoms with Gasteiger partial charge in [0, 0.05) is 6.54 Å². The van der Waals surface area contributed by atoms with Crippen molar-refractivity contribution in [3.05, 3.63) is 77.0 Å². The monoisotopic (exact) mass is 316 g/mol. The normalized spacial score (nSPS) is 11.3. The minimum atomic E-state index is 0.773. The summed E-state index contributed by atoms with van der Waals surface area (Å²) in [5, 5.41) is 0. The van der Waals surface area contributed by atoms with Crippen molar-refractivity contribution in [2.45, 2.75) is 27.3 Å². The Hall–Kier alpha value is -2.81. The summed E-state index contributed by atoms with van der Waals surface area (Å²) in [5.41, 5.74) is 5.89. The third kappa shape index (κ3) is 2.62. The molecule has 0 bridgehead atoms. The molecule has 2 heterocycles. The Morgan fingerprint density at radius 3 is 2.33 bits per heavy atom. The maximum absolute atomic E-state index is 5.84. The third-order valence-corrected chi connectivity index (χ3v) is 4.33. The van der Waals surface area contributed by atoms with E-state index in [1.165, 1.54) is 16.7 Å². The molecule has 0 saturated heterocycles. The van der Waals surface area contributed by atoms with Crippen LogP contribution in [0.3, 0.4) is 0 Å². The second-order valence-electron chi connectivity index (χ2n) is 6.41. The van der Waals surface area contributed by atoms with Gasteiger partial charge in [-0.1, -0.05) is 35.9 Å². The lowest BCUT2D eigenvalue weighted by molar-refractivity contribution is 0.540. The topological polar surface area (TPSA) is 31.0 Å². The Kier molecular flexibility index (Phi) is 3.49. The van der Waals surface area contributed by atoms with Crippen molar-refractivity contribution in [1.82, 2.24) is 9.55 Å². The zero-order valence-electron chi connectivity index (χ0n) is 14.2. The van der Waals surface area contributed by atoms with Crippen LogP contribution in [0.1, 0.15) is 22.5 Å². The van der Waals surface area contributed by atoms with Crippen molar-refractivity contribution >= 4 is 11.0 Å². The summed E-state index contributed by atoms with van der Waals surface area (Å²) in [7, 11) is 0. The Labute approximate surface area is 141 Å². The van der Waals surface area contributed by atoms with Gasteiger partial charge in [-0.05, 0) is 56.2 Å². The molecular formula is C21H20N2O. The van der Waals surface area contributed by atoms with E-state index in [-0.39, 0.29) is 0 Å². The highest BCUT2D eigenvalue weighted by molar-refractivity contribution is 5.80. The number of nitrogens with zero attached hydrogens (tertiary/aromatic N) is 2. The molecule has 4 aromatic rings. The van der Waals surface area contributed by atoms with Crippen LogP contribution in [0.15, 0.2) is 59.0 Å². The molecule has 0 atom stereocenters. The van der Waals surface area contributed by atoms with Crippen LogP contribution in [0.4, 0.5) is 0 Å². The third-order valence-electron chi connectivity index (χ3n) is 4.33. The van der Waals surface area contributed by atoms with Crippen molar-refractivity contribution < 1.29 is 4.42 Å². The molecule has 0 unspecified atom stereocenters.